The molecule has 0 saturated carbocycles. The van der Waals surface area contributed by atoms with Crippen molar-refractivity contribution in [3.8, 4) is 17.2 Å². The Bertz CT molecular complexity index is 733. The first kappa shape index (κ1) is 17.4. The zero-order valence-corrected chi connectivity index (χ0v) is 14.7. The van der Waals surface area contributed by atoms with Gasteiger partial charge in [-0.25, -0.2) is 0 Å². The van der Waals surface area contributed by atoms with Gasteiger partial charge < -0.3 is 19.5 Å². The number of hydrogen-bond acceptors (Lipinski definition) is 4. The number of nitrogens with one attached hydrogen (secondary N) is 1. The van der Waals surface area contributed by atoms with Gasteiger partial charge >= 0.3 is 0 Å². The van der Waals surface area contributed by atoms with Gasteiger partial charge in [0.25, 0.3) is 5.91 Å². The molecule has 132 valence electrons. The molecule has 1 heterocycles. The van der Waals surface area contributed by atoms with E-state index in [1.807, 2.05) is 18.2 Å². The molecule has 1 aliphatic heterocycles. The van der Waals surface area contributed by atoms with E-state index in [1.54, 1.807) is 31.2 Å². The van der Waals surface area contributed by atoms with Crippen LogP contribution in [0.5, 0.6) is 17.2 Å². The van der Waals surface area contributed by atoms with Gasteiger partial charge in [0, 0.05) is 11.6 Å². The van der Waals surface area contributed by atoms with E-state index < -0.39 is 6.10 Å². The second-order valence-corrected chi connectivity index (χ2v) is 6.17. The van der Waals surface area contributed by atoms with Crippen LogP contribution in [0.3, 0.4) is 0 Å². The van der Waals surface area contributed by atoms with Crippen LogP contribution in [0, 0.1) is 0 Å². The molecule has 1 N–H and O–H groups in total. The average molecular weight is 362 g/mol. The number of carbonyl (C=O) groups is 1. The molecular formula is C19H20ClNO4. The Kier molecular flexibility index (Phi) is 5.66. The SMILES string of the molecule is C[C@@H](Oc1ccc(Cl)cc1)C(=O)NCCc1ccc2c(c1)OCCO2. The summed E-state index contributed by atoms with van der Waals surface area (Å²) in [7, 11) is 0. The van der Waals surface area contributed by atoms with Crippen molar-refractivity contribution in [3.05, 3.63) is 53.1 Å². The predicted molar refractivity (Wildman–Crippen MR) is 95.7 cm³/mol. The van der Waals surface area contributed by atoms with Gasteiger partial charge in [-0.2, -0.15) is 0 Å². The van der Waals surface area contributed by atoms with Crippen molar-refractivity contribution < 1.29 is 19.0 Å². The van der Waals surface area contributed by atoms with Crippen molar-refractivity contribution in [1.29, 1.82) is 0 Å². The number of carbonyl (C=O) groups excluding carboxylic acids is 1. The molecule has 0 bridgehead atoms. The van der Waals surface area contributed by atoms with Gasteiger partial charge in [-0.15, -0.1) is 0 Å². The van der Waals surface area contributed by atoms with Crippen LogP contribution in [0.2, 0.25) is 5.02 Å². The number of benzene rings is 2. The molecule has 0 aliphatic carbocycles. The largest absolute Gasteiger partial charge is 0.486 e. The summed E-state index contributed by atoms with van der Waals surface area (Å²) in [5.74, 6) is 1.98. The highest BCUT2D eigenvalue weighted by Gasteiger charge is 2.15. The van der Waals surface area contributed by atoms with Crippen LogP contribution in [-0.2, 0) is 11.2 Å². The number of rotatable bonds is 6. The lowest BCUT2D eigenvalue weighted by molar-refractivity contribution is -0.127. The molecule has 1 aliphatic rings. The van der Waals surface area contributed by atoms with Crippen molar-refractivity contribution in [2.45, 2.75) is 19.4 Å². The third-order valence-corrected chi connectivity index (χ3v) is 4.07. The van der Waals surface area contributed by atoms with Crippen LogP contribution in [-0.4, -0.2) is 31.8 Å². The van der Waals surface area contributed by atoms with Crippen LogP contribution in [0.4, 0.5) is 0 Å². The lowest BCUT2D eigenvalue weighted by Gasteiger charge is -2.19. The number of fused-ring (bicyclic) bond motifs is 1. The lowest BCUT2D eigenvalue weighted by atomic mass is 10.1. The maximum absolute atomic E-state index is 12.1. The minimum atomic E-state index is -0.582. The fourth-order valence-corrected chi connectivity index (χ4v) is 2.61. The maximum atomic E-state index is 12.1. The predicted octanol–water partition coefficient (Wildman–Crippen LogP) is 3.24. The maximum Gasteiger partial charge on any atom is 0.260 e. The van der Waals surface area contributed by atoms with Crippen molar-refractivity contribution in [2.75, 3.05) is 19.8 Å². The van der Waals surface area contributed by atoms with E-state index in [1.165, 1.54) is 0 Å². The smallest absolute Gasteiger partial charge is 0.260 e. The average Bonchev–Trinajstić information content (AvgIpc) is 2.63. The quantitative estimate of drug-likeness (QED) is 0.858. The van der Waals surface area contributed by atoms with Gasteiger partial charge in [0.2, 0.25) is 0 Å². The molecule has 6 heteroatoms. The topological polar surface area (TPSA) is 56.8 Å². The normalized spacial score (nSPS) is 13.8. The van der Waals surface area contributed by atoms with Gasteiger partial charge in [0.05, 0.1) is 0 Å². The van der Waals surface area contributed by atoms with Gasteiger partial charge in [0.15, 0.2) is 17.6 Å². The molecule has 0 spiro atoms. The second-order valence-electron chi connectivity index (χ2n) is 5.73. The Labute approximate surface area is 151 Å². The molecule has 2 aromatic carbocycles. The van der Waals surface area contributed by atoms with Gasteiger partial charge in [-0.05, 0) is 55.3 Å². The van der Waals surface area contributed by atoms with E-state index in [2.05, 4.69) is 5.32 Å². The number of ether oxygens (including phenoxy) is 3. The number of halogens is 1. The van der Waals surface area contributed by atoms with Crippen LogP contribution in [0.1, 0.15) is 12.5 Å². The molecule has 0 saturated heterocycles. The molecule has 5 nitrogen and oxygen atoms in total. The molecule has 25 heavy (non-hydrogen) atoms. The molecule has 0 aromatic heterocycles. The summed E-state index contributed by atoms with van der Waals surface area (Å²) in [5.41, 5.74) is 1.08. The number of hydrogen-bond donors (Lipinski definition) is 1. The lowest BCUT2D eigenvalue weighted by Crippen LogP contribution is -2.37. The fraction of sp³-hybridized carbons (Fsp3) is 0.316. The molecular weight excluding hydrogens is 342 g/mol. The standard InChI is InChI=1S/C19H20ClNO4/c1-13(25-16-5-3-15(20)4-6-16)19(22)21-9-8-14-2-7-17-18(12-14)24-11-10-23-17/h2-7,12-13H,8-11H2,1H3,(H,21,22)/t13-/m1/s1. The van der Waals surface area contributed by atoms with E-state index in [4.69, 9.17) is 25.8 Å². The molecule has 0 fully saturated rings. The number of amides is 1. The first-order valence-corrected chi connectivity index (χ1v) is 8.58. The van der Waals surface area contributed by atoms with Crippen molar-refractivity contribution >= 4 is 17.5 Å². The first-order valence-electron chi connectivity index (χ1n) is 8.20. The van der Waals surface area contributed by atoms with E-state index in [0.717, 1.165) is 17.1 Å². The summed E-state index contributed by atoms with van der Waals surface area (Å²) in [6.07, 6.45) is 0.122. The fourth-order valence-electron chi connectivity index (χ4n) is 2.49. The summed E-state index contributed by atoms with van der Waals surface area (Å²) < 4.78 is 16.7. The monoisotopic (exact) mass is 361 g/mol. The molecule has 1 atom stereocenters. The Morgan fingerprint density at radius 1 is 1.16 bits per heavy atom. The second kappa shape index (κ2) is 8.12. The summed E-state index contributed by atoms with van der Waals surface area (Å²) in [6, 6.07) is 12.8. The molecule has 3 rings (SSSR count). The Morgan fingerprint density at radius 2 is 1.88 bits per heavy atom. The van der Waals surface area contributed by atoms with Crippen LogP contribution < -0.4 is 19.5 Å². The highest BCUT2D eigenvalue weighted by atomic mass is 35.5. The Hall–Kier alpha value is -2.40. The highest BCUT2D eigenvalue weighted by molar-refractivity contribution is 6.30. The summed E-state index contributed by atoms with van der Waals surface area (Å²) >= 11 is 5.83. The van der Waals surface area contributed by atoms with E-state index in [9.17, 15) is 4.79 Å². The minimum absolute atomic E-state index is 0.160. The highest BCUT2D eigenvalue weighted by Crippen LogP contribution is 2.30. The van der Waals surface area contributed by atoms with E-state index >= 15 is 0 Å². The van der Waals surface area contributed by atoms with E-state index in [0.29, 0.717) is 37.0 Å². The third kappa shape index (κ3) is 4.79. The minimum Gasteiger partial charge on any atom is -0.486 e. The van der Waals surface area contributed by atoms with Crippen molar-refractivity contribution in [3.63, 3.8) is 0 Å². The zero-order chi connectivity index (χ0) is 17.6. The van der Waals surface area contributed by atoms with Gasteiger partial charge in [-0.1, -0.05) is 17.7 Å². The molecule has 2 aromatic rings. The van der Waals surface area contributed by atoms with Crippen LogP contribution >= 0.6 is 11.6 Å². The Balaban J connectivity index is 1.46. The zero-order valence-electron chi connectivity index (χ0n) is 14.0. The first-order chi connectivity index (χ1) is 12.1. The van der Waals surface area contributed by atoms with Crippen LogP contribution in [0.15, 0.2) is 42.5 Å². The van der Waals surface area contributed by atoms with E-state index in [-0.39, 0.29) is 5.91 Å². The summed E-state index contributed by atoms with van der Waals surface area (Å²) in [5, 5.41) is 3.51. The summed E-state index contributed by atoms with van der Waals surface area (Å²) in [6.45, 7) is 3.38. The molecule has 1 amide bonds. The van der Waals surface area contributed by atoms with Gasteiger partial charge in [-0.3, -0.25) is 4.79 Å². The third-order valence-electron chi connectivity index (χ3n) is 3.82. The summed E-state index contributed by atoms with van der Waals surface area (Å²) in [4.78, 5) is 12.1. The molecule has 0 unspecified atom stereocenters. The van der Waals surface area contributed by atoms with Crippen LogP contribution in [0.25, 0.3) is 0 Å². The van der Waals surface area contributed by atoms with Crippen molar-refractivity contribution in [2.24, 2.45) is 0 Å². The Morgan fingerprint density at radius 3 is 2.64 bits per heavy atom. The van der Waals surface area contributed by atoms with Gasteiger partial charge in [0.1, 0.15) is 19.0 Å². The molecule has 0 radical (unpaired) electrons. The van der Waals surface area contributed by atoms with Crippen molar-refractivity contribution in [1.82, 2.24) is 5.32 Å².